The summed E-state index contributed by atoms with van der Waals surface area (Å²) in [6, 6.07) is 15.2. The van der Waals surface area contributed by atoms with Gasteiger partial charge in [0.2, 0.25) is 0 Å². The standard InChI is InChI=1S/C18H18N2O3/c1-13-6-8-14(9-7-13)23-12-18(21)20-19-16-10-11-22-17-5-3-2-4-15(16)17/h2-9H,10-12H2,1H3,(H,20,21)/b19-16-. The molecule has 1 aliphatic rings. The zero-order valence-corrected chi connectivity index (χ0v) is 12.9. The monoisotopic (exact) mass is 310 g/mol. The molecular weight excluding hydrogens is 292 g/mol. The van der Waals surface area contributed by atoms with Gasteiger partial charge in [-0.25, -0.2) is 5.43 Å². The van der Waals surface area contributed by atoms with Crippen molar-refractivity contribution in [3.05, 3.63) is 59.7 Å². The number of nitrogens with zero attached hydrogens (tertiary/aromatic N) is 1. The van der Waals surface area contributed by atoms with E-state index in [4.69, 9.17) is 9.47 Å². The normalized spacial score (nSPS) is 14.7. The molecule has 118 valence electrons. The highest BCUT2D eigenvalue weighted by Crippen LogP contribution is 2.24. The minimum absolute atomic E-state index is 0.0714. The predicted octanol–water partition coefficient (Wildman–Crippen LogP) is 2.68. The smallest absolute Gasteiger partial charge is 0.277 e. The van der Waals surface area contributed by atoms with Gasteiger partial charge in [0.25, 0.3) is 5.91 Å². The lowest BCUT2D eigenvalue weighted by atomic mass is 10.0. The van der Waals surface area contributed by atoms with Crippen LogP contribution < -0.4 is 14.9 Å². The Morgan fingerprint density at radius 1 is 1.22 bits per heavy atom. The van der Waals surface area contributed by atoms with Crippen molar-refractivity contribution in [2.24, 2.45) is 5.10 Å². The number of carbonyl (C=O) groups excluding carboxylic acids is 1. The Balaban J connectivity index is 1.57. The van der Waals surface area contributed by atoms with Crippen molar-refractivity contribution in [3.8, 4) is 11.5 Å². The fraction of sp³-hybridized carbons (Fsp3) is 0.222. The van der Waals surface area contributed by atoms with Crippen LogP contribution in [0.3, 0.4) is 0 Å². The first-order valence-electron chi connectivity index (χ1n) is 7.49. The zero-order chi connectivity index (χ0) is 16.1. The van der Waals surface area contributed by atoms with E-state index in [2.05, 4.69) is 10.5 Å². The maximum Gasteiger partial charge on any atom is 0.277 e. The molecule has 0 spiro atoms. The third-order valence-corrected chi connectivity index (χ3v) is 3.50. The minimum atomic E-state index is -0.290. The van der Waals surface area contributed by atoms with Gasteiger partial charge in [0.15, 0.2) is 6.61 Å². The maximum absolute atomic E-state index is 11.9. The van der Waals surface area contributed by atoms with E-state index in [1.807, 2.05) is 55.5 Å². The number of benzene rings is 2. The molecule has 0 atom stereocenters. The largest absolute Gasteiger partial charge is 0.492 e. The van der Waals surface area contributed by atoms with Crippen LogP contribution in [-0.2, 0) is 4.79 Å². The molecule has 1 heterocycles. The average Bonchev–Trinajstić information content (AvgIpc) is 2.59. The van der Waals surface area contributed by atoms with Crippen molar-refractivity contribution >= 4 is 11.6 Å². The van der Waals surface area contributed by atoms with Crippen LogP contribution >= 0.6 is 0 Å². The molecule has 2 aromatic rings. The van der Waals surface area contributed by atoms with Crippen LogP contribution in [0.2, 0.25) is 0 Å². The summed E-state index contributed by atoms with van der Waals surface area (Å²) in [5.41, 5.74) is 5.42. The molecule has 1 amide bonds. The van der Waals surface area contributed by atoms with Gasteiger partial charge in [0.05, 0.1) is 12.3 Å². The number of fused-ring (bicyclic) bond motifs is 1. The number of hydrazone groups is 1. The Morgan fingerprint density at radius 3 is 2.83 bits per heavy atom. The Kier molecular flexibility index (Phi) is 4.57. The van der Waals surface area contributed by atoms with Crippen molar-refractivity contribution in [3.63, 3.8) is 0 Å². The molecule has 23 heavy (non-hydrogen) atoms. The highest BCUT2D eigenvalue weighted by molar-refractivity contribution is 6.04. The topological polar surface area (TPSA) is 59.9 Å². The first-order chi connectivity index (χ1) is 11.2. The van der Waals surface area contributed by atoms with Crippen molar-refractivity contribution in [2.45, 2.75) is 13.3 Å². The lowest BCUT2D eigenvalue weighted by Gasteiger charge is -2.18. The molecule has 0 radical (unpaired) electrons. The van der Waals surface area contributed by atoms with Gasteiger partial charge in [-0.2, -0.15) is 5.10 Å². The first-order valence-corrected chi connectivity index (χ1v) is 7.49. The maximum atomic E-state index is 11.9. The molecule has 0 saturated heterocycles. The highest BCUT2D eigenvalue weighted by atomic mass is 16.5. The summed E-state index contributed by atoms with van der Waals surface area (Å²) in [5, 5.41) is 4.21. The van der Waals surface area contributed by atoms with Gasteiger partial charge in [-0.3, -0.25) is 4.79 Å². The number of nitrogens with one attached hydrogen (secondary N) is 1. The molecule has 3 rings (SSSR count). The molecule has 0 unspecified atom stereocenters. The number of ether oxygens (including phenoxy) is 2. The van der Waals surface area contributed by atoms with Gasteiger partial charge < -0.3 is 9.47 Å². The van der Waals surface area contributed by atoms with Crippen LogP contribution in [-0.4, -0.2) is 24.8 Å². The van der Waals surface area contributed by atoms with E-state index in [1.165, 1.54) is 0 Å². The molecule has 1 aliphatic heterocycles. The first kappa shape index (κ1) is 15.1. The molecule has 0 fully saturated rings. The van der Waals surface area contributed by atoms with Gasteiger partial charge in [0, 0.05) is 12.0 Å². The molecule has 0 aliphatic carbocycles. The number of para-hydroxylation sites is 1. The van der Waals surface area contributed by atoms with Gasteiger partial charge in [-0.05, 0) is 31.2 Å². The number of hydrogen-bond acceptors (Lipinski definition) is 4. The van der Waals surface area contributed by atoms with Crippen LogP contribution in [0.15, 0.2) is 53.6 Å². The van der Waals surface area contributed by atoms with Gasteiger partial charge in [0.1, 0.15) is 11.5 Å². The zero-order valence-electron chi connectivity index (χ0n) is 12.9. The fourth-order valence-corrected chi connectivity index (χ4v) is 2.28. The Labute approximate surface area is 134 Å². The molecule has 5 nitrogen and oxygen atoms in total. The van der Waals surface area contributed by atoms with Crippen LogP contribution in [0.4, 0.5) is 0 Å². The molecule has 0 saturated carbocycles. The third kappa shape index (κ3) is 3.88. The summed E-state index contributed by atoms with van der Waals surface area (Å²) in [6.45, 7) is 2.49. The minimum Gasteiger partial charge on any atom is -0.492 e. The highest BCUT2D eigenvalue weighted by Gasteiger charge is 2.16. The summed E-state index contributed by atoms with van der Waals surface area (Å²) < 4.78 is 11.0. The second-order valence-corrected chi connectivity index (χ2v) is 5.29. The lowest BCUT2D eigenvalue weighted by molar-refractivity contribution is -0.123. The Bertz CT molecular complexity index is 723. The Morgan fingerprint density at radius 2 is 2.00 bits per heavy atom. The number of hydrogen-bond donors (Lipinski definition) is 1. The molecule has 1 N–H and O–H groups in total. The molecule has 5 heteroatoms. The molecular formula is C18H18N2O3. The summed E-state index contributed by atoms with van der Waals surface area (Å²) >= 11 is 0. The number of aryl methyl sites for hydroxylation is 1. The van der Waals surface area contributed by atoms with Crippen LogP contribution in [0, 0.1) is 6.92 Å². The fourth-order valence-electron chi connectivity index (χ4n) is 2.28. The van der Waals surface area contributed by atoms with Crippen molar-refractivity contribution in [1.82, 2.24) is 5.43 Å². The number of carbonyl (C=O) groups is 1. The van der Waals surface area contributed by atoms with E-state index >= 15 is 0 Å². The second kappa shape index (κ2) is 6.96. The van der Waals surface area contributed by atoms with Crippen LogP contribution in [0.1, 0.15) is 17.5 Å². The van der Waals surface area contributed by atoms with Crippen molar-refractivity contribution in [1.29, 1.82) is 0 Å². The summed E-state index contributed by atoms with van der Waals surface area (Å²) in [6.07, 6.45) is 0.663. The third-order valence-electron chi connectivity index (χ3n) is 3.50. The van der Waals surface area contributed by atoms with E-state index in [-0.39, 0.29) is 12.5 Å². The van der Waals surface area contributed by atoms with Crippen LogP contribution in [0.25, 0.3) is 0 Å². The summed E-state index contributed by atoms with van der Waals surface area (Å²) in [4.78, 5) is 11.9. The van der Waals surface area contributed by atoms with E-state index in [9.17, 15) is 4.79 Å². The second-order valence-electron chi connectivity index (χ2n) is 5.29. The summed E-state index contributed by atoms with van der Waals surface area (Å²) in [5.74, 6) is 1.17. The van der Waals surface area contributed by atoms with Gasteiger partial charge in [-0.1, -0.05) is 29.8 Å². The van der Waals surface area contributed by atoms with E-state index in [0.717, 1.165) is 22.6 Å². The van der Waals surface area contributed by atoms with Gasteiger partial charge in [-0.15, -0.1) is 0 Å². The lowest BCUT2D eigenvalue weighted by Crippen LogP contribution is -2.27. The number of amides is 1. The quantitative estimate of drug-likeness (QED) is 0.883. The van der Waals surface area contributed by atoms with Crippen molar-refractivity contribution < 1.29 is 14.3 Å². The van der Waals surface area contributed by atoms with Gasteiger partial charge >= 0.3 is 0 Å². The molecule has 0 bridgehead atoms. The number of rotatable bonds is 4. The van der Waals surface area contributed by atoms with Crippen LogP contribution in [0.5, 0.6) is 11.5 Å². The Hall–Kier alpha value is -2.82. The summed E-state index contributed by atoms with van der Waals surface area (Å²) in [7, 11) is 0. The molecule has 2 aromatic carbocycles. The average molecular weight is 310 g/mol. The van der Waals surface area contributed by atoms with Crippen molar-refractivity contribution in [2.75, 3.05) is 13.2 Å². The SMILES string of the molecule is Cc1ccc(OCC(=O)N/N=C2/CCOc3ccccc32)cc1. The van der Waals surface area contributed by atoms with E-state index in [0.29, 0.717) is 18.8 Å². The predicted molar refractivity (Wildman–Crippen MR) is 87.9 cm³/mol. The van der Waals surface area contributed by atoms with E-state index < -0.39 is 0 Å². The van der Waals surface area contributed by atoms with E-state index in [1.54, 1.807) is 0 Å². The molecule has 0 aromatic heterocycles.